The molecule has 0 spiro atoms. The van der Waals surface area contributed by atoms with E-state index in [-0.39, 0.29) is 5.75 Å². The first kappa shape index (κ1) is 14.8. The molecule has 0 aliphatic rings. The number of nitrogens with zero attached hydrogens (tertiary/aromatic N) is 2. The second-order valence-corrected chi connectivity index (χ2v) is 4.94. The zero-order valence-corrected chi connectivity index (χ0v) is 11.8. The SMILES string of the molecule is CCN(CC)C(C)(C#N)Cc1cc(Cl)ccc1O. The highest BCUT2D eigenvalue weighted by atomic mass is 35.5. The predicted molar refractivity (Wildman–Crippen MR) is 73.8 cm³/mol. The third-order valence-corrected chi connectivity index (χ3v) is 3.51. The fraction of sp³-hybridized carbons (Fsp3) is 0.500. The van der Waals surface area contributed by atoms with Crippen LogP contribution < -0.4 is 0 Å². The summed E-state index contributed by atoms with van der Waals surface area (Å²) in [6.45, 7) is 7.53. The van der Waals surface area contributed by atoms with Gasteiger partial charge < -0.3 is 5.11 Å². The Bertz CT molecular complexity index is 452. The molecule has 0 saturated carbocycles. The van der Waals surface area contributed by atoms with Gasteiger partial charge in [-0.15, -0.1) is 0 Å². The van der Waals surface area contributed by atoms with E-state index in [1.165, 1.54) is 0 Å². The Morgan fingerprint density at radius 1 is 1.39 bits per heavy atom. The molecule has 0 heterocycles. The molecule has 1 unspecified atom stereocenters. The number of benzene rings is 1. The van der Waals surface area contributed by atoms with Gasteiger partial charge in [0.1, 0.15) is 11.3 Å². The van der Waals surface area contributed by atoms with Crippen molar-refractivity contribution in [3.63, 3.8) is 0 Å². The van der Waals surface area contributed by atoms with Crippen LogP contribution in [0.4, 0.5) is 0 Å². The predicted octanol–water partition coefficient (Wildman–Crippen LogP) is 3.21. The van der Waals surface area contributed by atoms with Crippen LogP contribution in [0.15, 0.2) is 18.2 Å². The van der Waals surface area contributed by atoms with Gasteiger partial charge in [0.05, 0.1) is 6.07 Å². The number of likely N-dealkylation sites (N-methyl/N-ethyl adjacent to an activating group) is 1. The average molecular weight is 267 g/mol. The Morgan fingerprint density at radius 3 is 2.50 bits per heavy atom. The van der Waals surface area contributed by atoms with Gasteiger partial charge in [-0.2, -0.15) is 5.26 Å². The van der Waals surface area contributed by atoms with Gasteiger partial charge in [0.2, 0.25) is 0 Å². The summed E-state index contributed by atoms with van der Waals surface area (Å²) in [6, 6.07) is 7.27. The van der Waals surface area contributed by atoms with Crippen molar-refractivity contribution in [1.82, 2.24) is 4.90 Å². The van der Waals surface area contributed by atoms with Gasteiger partial charge in [-0.05, 0) is 43.8 Å². The van der Waals surface area contributed by atoms with Gasteiger partial charge in [0, 0.05) is 11.4 Å². The summed E-state index contributed by atoms with van der Waals surface area (Å²) >= 11 is 5.93. The Morgan fingerprint density at radius 2 is 2.00 bits per heavy atom. The lowest BCUT2D eigenvalue weighted by Crippen LogP contribution is -2.46. The van der Waals surface area contributed by atoms with Crippen LogP contribution in [-0.4, -0.2) is 28.6 Å². The van der Waals surface area contributed by atoms with E-state index < -0.39 is 5.54 Å². The van der Waals surface area contributed by atoms with E-state index in [1.807, 2.05) is 20.8 Å². The van der Waals surface area contributed by atoms with Crippen LogP contribution in [0.25, 0.3) is 0 Å². The van der Waals surface area contributed by atoms with E-state index >= 15 is 0 Å². The molecule has 1 atom stereocenters. The van der Waals surface area contributed by atoms with E-state index in [1.54, 1.807) is 18.2 Å². The molecule has 1 aromatic rings. The van der Waals surface area contributed by atoms with E-state index in [2.05, 4.69) is 11.0 Å². The van der Waals surface area contributed by atoms with E-state index in [4.69, 9.17) is 11.6 Å². The average Bonchev–Trinajstić information content (AvgIpc) is 2.35. The Hall–Kier alpha value is -1.24. The molecule has 0 fully saturated rings. The number of nitriles is 1. The number of halogens is 1. The molecule has 4 heteroatoms. The monoisotopic (exact) mass is 266 g/mol. The lowest BCUT2D eigenvalue weighted by Gasteiger charge is -2.34. The molecule has 0 aliphatic heterocycles. The maximum atomic E-state index is 9.83. The minimum atomic E-state index is -0.633. The molecule has 98 valence electrons. The zero-order chi connectivity index (χ0) is 13.8. The number of hydrogen-bond acceptors (Lipinski definition) is 3. The van der Waals surface area contributed by atoms with Gasteiger partial charge in [0.25, 0.3) is 0 Å². The Labute approximate surface area is 114 Å². The standard InChI is InChI=1S/C14H19ClN2O/c1-4-17(5-2)14(3,10-16)9-11-8-12(15)6-7-13(11)18/h6-8,18H,4-5,9H2,1-3H3. The first-order valence-corrected chi connectivity index (χ1v) is 6.48. The van der Waals surface area contributed by atoms with Gasteiger partial charge >= 0.3 is 0 Å². The van der Waals surface area contributed by atoms with Crippen LogP contribution in [0.2, 0.25) is 5.02 Å². The van der Waals surface area contributed by atoms with Gasteiger partial charge in [-0.1, -0.05) is 25.4 Å². The van der Waals surface area contributed by atoms with Crippen LogP contribution >= 0.6 is 11.6 Å². The van der Waals surface area contributed by atoms with Crippen molar-refractivity contribution in [3.05, 3.63) is 28.8 Å². The Balaban J connectivity index is 3.06. The van der Waals surface area contributed by atoms with Crippen molar-refractivity contribution in [2.24, 2.45) is 0 Å². The second-order valence-electron chi connectivity index (χ2n) is 4.51. The summed E-state index contributed by atoms with van der Waals surface area (Å²) in [5, 5.41) is 19.8. The van der Waals surface area contributed by atoms with Crippen molar-refractivity contribution in [3.8, 4) is 11.8 Å². The molecular weight excluding hydrogens is 248 g/mol. The highest BCUT2D eigenvalue weighted by Crippen LogP contribution is 2.28. The lowest BCUT2D eigenvalue weighted by atomic mass is 9.91. The first-order chi connectivity index (χ1) is 8.46. The molecule has 1 rings (SSSR count). The molecule has 0 amide bonds. The van der Waals surface area contributed by atoms with E-state index in [0.717, 1.165) is 13.1 Å². The van der Waals surface area contributed by atoms with Gasteiger partial charge in [-0.3, -0.25) is 4.90 Å². The highest BCUT2D eigenvalue weighted by Gasteiger charge is 2.31. The molecule has 1 aromatic carbocycles. The Kier molecular flexibility index (Phi) is 5.01. The molecule has 1 N–H and O–H groups in total. The maximum Gasteiger partial charge on any atom is 0.118 e. The summed E-state index contributed by atoms with van der Waals surface area (Å²) < 4.78 is 0. The maximum absolute atomic E-state index is 9.83. The van der Waals surface area contributed by atoms with Gasteiger partial charge in [0.15, 0.2) is 0 Å². The fourth-order valence-electron chi connectivity index (χ4n) is 2.21. The van der Waals surface area contributed by atoms with Crippen molar-refractivity contribution < 1.29 is 5.11 Å². The summed E-state index contributed by atoms with van der Waals surface area (Å²) in [7, 11) is 0. The summed E-state index contributed by atoms with van der Waals surface area (Å²) in [5.74, 6) is 0.188. The first-order valence-electron chi connectivity index (χ1n) is 6.10. The summed E-state index contributed by atoms with van der Waals surface area (Å²) in [4.78, 5) is 2.08. The van der Waals surface area contributed by atoms with E-state index in [0.29, 0.717) is 17.0 Å². The molecule has 0 aliphatic carbocycles. The van der Waals surface area contributed by atoms with Crippen molar-refractivity contribution in [2.45, 2.75) is 32.7 Å². The number of aromatic hydroxyl groups is 1. The zero-order valence-electron chi connectivity index (χ0n) is 11.1. The molecule has 0 saturated heterocycles. The number of phenols is 1. The quantitative estimate of drug-likeness (QED) is 0.890. The minimum Gasteiger partial charge on any atom is -0.508 e. The van der Waals surface area contributed by atoms with Crippen LogP contribution in [-0.2, 0) is 6.42 Å². The van der Waals surface area contributed by atoms with Crippen molar-refractivity contribution in [1.29, 1.82) is 5.26 Å². The van der Waals surface area contributed by atoms with Crippen LogP contribution in [0, 0.1) is 11.3 Å². The van der Waals surface area contributed by atoms with Gasteiger partial charge in [-0.25, -0.2) is 0 Å². The molecular formula is C14H19ClN2O. The number of hydrogen-bond donors (Lipinski definition) is 1. The normalized spacial score (nSPS) is 14.2. The molecule has 0 aromatic heterocycles. The summed E-state index contributed by atoms with van der Waals surface area (Å²) in [6.07, 6.45) is 0.456. The van der Waals surface area contributed by atoms with Crippen LogP contribution in [0.5, 0.6) is 5.75 Å². The van der Waals surface area contributed by atoms with E-state index in [9.17, 15) is 10.4 Å². The molecule has 0 bridgehead atoms. The second kappa shape index (κ2) is 6.08. The smallest absolute Gasteiger partial charge is 0.118 e. The topological polar surface area (TPSA) is 47.3 Å². The number of rotatable bonds is 5. The van der Waals surface area contributed by atoms with Crippen molar-refractivity contribution in [2.75, 3.05) is 13.1 Å². The fourth-order valence-corrected chi connectivity index (χ4v) is 2.40. The number of phenolic OH excluding ortho intramolecular Hbond substituents is 1. The molecule has 0 radical (unpaired) electrons. The molecule has 3 nitrogen and oxygen atoms in total. The third-order valence-electron chi connectivity index (χ3n) is 3.28. The molecule has 18 heavy (non-hydrogen) atoms. The van der Waals surface area contributed by atoms with Crippen molar-refractivity contribution >= 4 is 11.6 Å². The lowest BCUT2D eigenvalue weighted by molar-refractivity contribution is 0.168. The summed E-state index contributed by atoms with van der Waals surface area (Å²) in [5.41, 5.74) is 0.0736. The van der Waals surface area contributed by atoms with Crippen LogP contribution in [0.1, 0.15) is 26.3 Å². The largest absolute Gasteiger partial charge is 0.508 e. The minimum absolute atomic E-state index is 0.188. The van der Waals surface area contributed by atoms with Crippen LogP contribution in [0.3, 0.4) is 0 Å². The highest BCUT2D eigenvalue weighted by molar-refractivity contribution is 6.30. The third kappa shape index (κ3) is 3.16.